The summed E-state index contributed by atoms with van der Waals surface area (Å²) in [6.07, 6.45) is 5.99. The molecule has 2 aliphatic rings. The number of imidazole rings is 1. The number of rotatable bonds is 4. The quantitative estimate of drug-likeness (QED) is 0.367. The van der Waals surface area contributed by atoms with Crippen molar-refractivity contribution >= 4 is 6.09 Å². The molecule has 2 atom stereocenters. The molecular formula is C29H36N8O3. The number of likely N-dealkylation sites (tertiary alicyclic amines) is 1. The second-order valence-corrected chi connectivity index (χ2v) is 12.0. The predicted octanol–water partition coefficient (Wildman–Crippen LogP) is 5.38. The molecule has 5 heterocycles. The van der Waals surface area contributed by atoms with E-state index in [1.54, 1.807) is 11.2 Å². The summed E-state index contributed by atoms with van der Waals surface area (Å²) in [5.41, 5.74) is 3.54. The van der Waals surface area contributed by atoms with Crippen LogP contribution in [0, 0.1) is 5.41 Å². The lowest BCUT2D eigenvalue weighted by molar-refractivity contribution is 0.0411. The van der Waals surface area contributed by atoms with Gasteiger partial charge in [0.1, 0.15) is 30.2 Å². The van der Waals surface area contributed by atoms with Crippen molar-refractivity contribution in [3.63, 3.8) is 0 Å². The van der Waals surface area contributed by atoms with Gasteiger partial charge in [-0.2, -0.15) is 10.2 Å². The number of carboxylic acid groups (broad SMARTS) is 1. The van der Waals surface area contributed by atoms with Crippen LogP contribution in [-0.4, -0.2) is 69.4 Å². The molecule has 0 aliphatic carbocycles. The minimum atomic E-state index is -0.854. The first kappa shape index (κ1) is 26.1. The van der Waals surface area contributed by atoms with Crippen molar-refractivity contribution in [2.75, 3.05) is 13.2 Å². The number of nitrogens with zero attached hydrogens (tertiary/aromatic N) is 8. The Labute approximate surface area is 233 Å². The Morgan fingerprint density at radius 1 is 1.12 bits per heavy atom. The van der Waals surface area contributed by atoms with Gasteiger partial charge in [-0.25, -0.2) is 19.4 Å². The number of ether oxygens (including phenoxy) is 1. The van der Waals surface area contributed by atoms with E-state index in [-0.39, 0.29) is 23.5 Å². The zero-order valence-corrected chi connectivity index (χ0v) is 23.7. The van der Waals surface area contributed by atoms with Crippen LogP contribution in [0.5, 0.6) is 5.75 Å². The monoisotopic (exact) mass is 544 g/mol. The van der Waals surface area contributed by atoms with Crippen LogP contribution in [0.25, 0.3) is 34.2 Å². The normalized spacial score (nSPS) is 19.2. The lowest BCUT2D eigenvalue weighted by atomic mass is 9.79. The maximum absolute atomic E-state index is 11.9. The van der Waals surface area contributed by atoms with Crippen LogP contribution in [-0.2, 0) is 6.54 Å². The lowest BCUT2D eigenvalue weighted by Crippen LogP contribution is -2.51. The van der Waals surface area contributed by atoms with Gasteiger partial charge in [0.05, 0.1) is 23.8 Å². The molecule has 11 heteroatoms. The Bertz CT molecular complexity index is 1540. The Kier molecular flexibility index (Phi) is 6.39. The molecule has 0 saturated carbocycles. The molecule has 1 fully saturated rings. The number of aromatic nitrogens is 7. The van der Waals surface area contributed by atoms with E-state index in [4.69, 9.17) is 14.8 Å². The first-order valence-corrected chi connectivity index (χ1v) is 13.9. The van der Waals surface area contributed by atoms with Crippen molar-refractivity contribution < 1.29 is 14.6 Å². The van der Waals surface area contributed by atoms with Gasteiger partial charge >= 0.3 is 6.09 Å². The molecule has 1 N–H and O–H groups in total. The number of hydrogen-bond donors (Lipinski definition) is 1. The third kappa shape index (κ3) is 4.52. The maximum Gasteiger partial charge on any atom is 0.407 e. The number of hydrogen-bond acceptors (Lipinski definition) is 6. The van der Waals surface area contributed by atoms with E-state index in [0.717, 1.165) is 46.3 Å². The first-order chi connectivity index (χ1) is 19.1. The van der Waals surface area contributed by atoms with Gasteiger partial charge in [0.25, 0.3) is 0 Å². The van der Waals surface area contributed by atoms with Crippen LogP contribution in [0.4, 0.5) is 4.79 Å². The van der Waals surface area contributed by atoms with Crippen LogP contribution in [0.1, 0.15) is 59.5 Å². The van der Waals surface area contributed by atoms with E-state index in [9.17, 15) is 9.90 Å². The van der Waals surface area contributed by atoms with Crippen LogP contribution < -0.4 is 4.74 Å². The highest BCUT2D eigenvalue weighted by molar-refractivity contribution is 5.74. The van der Waals surface area contributed by atoms with Gasteiger partial charge in [0, 0.05) is 36.6 Å². The topological polar surface area (TPSA) is 116 Å². The second kappa shape index (κ2) is 9.79. The van der Waals surface area contributed by atoms with Crippen LogP contribution in [0.15, 0.2) is 43.0 Å². The molecule has 1 aromatic carbocycles. The Balaban J connectivity index is 1.32. The smallest absolute Gasteiger partial charge is 0.407 e. The molecule has 2 aliphatic heterocycles. The molecule has 3 aromatic heterocycles. The van der Waals surface area contributed by atoms with Gasteiger partial charge in [-0.3, -0.25) is 4.68 Å². The average Bonchev–Trinajstić information content (AvgIpc) is 3.66. The summed E-state index contributed by atoms with van der Waals surface area (Å²) in [6, 6.07) is 8.42. The van der Waals surface area contributed by atoms with E-state index in [0.29, 0.717) is 26.1 Å². The Hall–Kier alpha value is -4.15. The van der Waals surface area contributed by atoms with E-state index in [1.807, 2.05) is 23.1 Å². The fraction of sp³-hybridized carbons (Fsp3) is 0.483. The van der Waals surface area contributed by atoms with Gasteiger partial charge in [0.15, 0.2) is 5.82 Å². The standard InChI is InChI=1S/C29H36N8O3/c1-18(2)36-27(30-17-32-36)22-16-34-12-13-40-24-14-19(6-7-21(24)26(34)33-22)23-8-10-31-37(23)20-9-11-35(28(38)39)25(15-20)29(3,4)5/h6-8,10,14,16-18,20,25H,9,11-13,15H2,1-5H3,(H,38,39). The third-order valence-corrected chi connectivity index (χ3v) is 8.01. The summed E-state index contributed by atoms with van der Waals surface area (Å²) >= 11 is 0. The molecule has 1 amide bonds. The molecule has 40 heavy (non-hydrogen) atoms. The van der Waals surface area contributed by atoms with Gasteiger partial charge in [-0.1, -0.05) is 26.8 Å². The lowest BCUT2D eigenvalue weighted by Gasteiger charge is -2.44. The predicted molar refractivity (Wildman–Crippen MR) is 150 cm³/mol. The van der Waals surface area contributed by atoms with E-state index in [1.165, 1.54) is 0 Å². The van der Waals surface area contributed by atoms with Gasteiger partial charge < -0.3 is 19.3 Å². The third-order valence-electron chi connectivity index (χ3n) is 8.01. The fourth-order valence-corrected chi connectivity index (χ4v) is 6.01. The number of piperidine rings is 1. The zero-order chi connectivity index (χ0) is 28.2. The molecule has 0 bridgehead atoms. The van der Waals surface area contributed by atoms with Gasteiger partial charge in [-0.05, 0) is 50.3 Å². The van der Waals surface area contributed by atoms with Crippen molar-refractivity contribution in [2.24, 2.45) is 5.41 Å². The summed E-state index contributed by atoms with van der Waals surface area (Å²) in [5.74, 6) is 2.37. The fourth-order valence-electron chi connectivity index (χ4n) is 6.01. The zero-order valence-electron chi connectivity index (χ0n) is 23.7. The molecule has 210 valence electrons. The highest BCUT2D eigenvalue weighted by atomic mass is 16.5. The maximum atomic E-state index is 11.9. The Morgan fingerprint density at radius 3 is 2.70 bits per heavy atom. The highest BCUT2D eigenvalue weighted by Crippen LogP contribution is 2.40. The Morgan fingerprint density at radius 2 is 1.95 bits per heavy atom. The second-order valence-electron chi connectivity index (χ2n) is 12.0. The summed E-state index contributed by atoms with van der Waals surface area (Å²) in [6.45, 7) is 12.2. The average molecular weight is 545 g/mol. The van der Waals surface area contributed by atoms with E-state index < -0.39 is 6.09 Å². The molecule has 11 nitrogen and oxygen atoms in total. The molecule has 1 saturated heterocycles. The SMILES string of the molecule is CC(C)n1ncnc1-c1cn2c(n1)-c1ccc(-c3ccnn3C3CCN(C(=O)O)C(C(C)(C)C)C3)cc1OCC2. The van der Waals surface area contributed by atoms with Gasteiger partial charge in [-0.15, -0.1) is 0 Å². The van der Waals surface area contributed by atoms with Crippen molar-refractivity contribution in [2.45, 2.75) is 72.1 Å². The minimum absolute atomic E-state index is 0.0919. The highest BCUT2D eigenvalue weighted by Gasteiger charge is 2.40. The van der Waals surface area contributed by atoms with Crippen LogP contribution in [0.3, 0.4) is 0 Å². The minimum Gasteiger partial charge on any atom is -0.491 e. The number of benzene rings is 1. The molecule has 6 rings (SSSR count). The number of fused-ring (bicyclic) bond motifs is 3. The van der Waals surface area contributed by atoms with Crippen LogP contribution in [0.2, 0.25) is 0 Å². The summed E-state index contributed by atoms with van der Waals surface area (Å²) < 4.78 is 12.3. The van der Waals surface area contributed by atoms with E-state index in [2.05, 4.69) is 72.1 Å². The van der Waals surface area contributed by atoms with Crippen LogP contribution >= 0.6 is 0 Å². The molecule has 4 aromatic rings. The molecule has 2 unspecified atom stereocenters. The summed E-state index contributed by atoms with van der Waals surface area (Å²) in [7, 11) is 0. The van der Waals surface area contributed by atoms with Crippen molar-refractivity contribution in [3.05, 3.63) is 43.0 Å². The largest absolute Gasteiger partial charge is 0.491 e. The summed E-state index contributed by atoms with van der Waals surface area (Å²) in [5, 5.41) is 18.9. The first-order valence-electron chi connectivity index (χ1n) is 13.9. The molecular weight excluding hydrogens is 508 g/mol. The number of carbonyl (C=O) groups is 1. The van der Waals surface area contributed by atoms with Crippen molar-refractivity contribution in [1.29, 1.82) is 0 Å². The molecule has 0 spiro atoms. The number of amides is 1. The van der Waals surface area contributed by atoms with Gasteiger partial charge in [0.2, 0.25) is 0 Å². The van der Waals surface area contributed by atoms with E-state index >= 15 is 0 Å². The summed E-state index contributed by atoms with van der Waals surface area (Å²) in [4.78, 5) is 23.0. The molecule has 0 radical (unpaired) electrons. The van der Waals surface area contributed by atoms with Crippen molar-refractivity contribution in [3.8, 4) is 39.9 Å². The van der Waals surface area contributed by atoms with Crippen molar-refractivity contribution in [1.82, 2.24) is 39.0 Å².